The fourth-order valence-electron chi connectivity index (χ4n) is 6.77. The van der Waals surface area contributed by atoms with Gasteiger partial charge in [-0.2, -0.15) is 21.9 Å². The Hall–Kier alpha value is -2.63. The van der Waals surface area contributed by atoms with Gasteiger partial charge in [-0.05, 0) is 25.7 Å². The highest BCUT2D eigenvalue weighted by molar-refractivity contribution is 7.75. The van der Waals surface area contributed by atoms with Gasteiger partial charge >= 0.3 is 0 Å². The van der Waals surface area contributed by atoms with Gasteiger partial charge in [-0.25, -0.2) is 0 Å². The van der Waals surface area contributed by atoms with Gasteiger partial charge in [0.05, 0.1) is 24.6 Å². The molecule has 0 atom stereocenters. The van der Waals surface area contributed by atoms with Crippen LogP contribution in [0.15, 0.2) is 121 Å². The van der Waals surface area contributed by atoms with Crippen LogP contribution in [0.25, 0.3) is 0 Å². The average Bonchev–Trinajstić information content (AvgIpc) is 3.07. The maximum Gasteiger partial charge on any atom is 0.108 e. The molecule has 0 heterocycles. The standard InChI is InChI=1S/C24H20B.C16H36P/c1-5-13-21(14-6-1)25(22-15-7-2-8-16-22,23-17-9-3-10-18-23)24-19-11-4-12-20-24;1-5-9-13-17(14-10-6-2,15-11-7-3)16-12-8-4/h1-20H;5-16H2,1-4H3/q-1;+1. The van der Waals surface area contributed by atoms with E-state index in [1.807, 2.05) is 0 Å². The summed E-state index contributed by atoms with van der Waals surface area (Å²) in [7, 11) is -0.562. The molecule has 0 aliphatic heterocycles. The first-order valence-corrected chi connectivity index (χ1v) is 19.4. The third-order valence-corrected chi connectivity index (χ3v) is 14.2. The lowest BCUT2D eigenvalue weighted by atomic mass is 9.13. The van der Waals surface area contributed by atoms with E-state index in [0.717, 1.165) is 0 Å². The molecule has 0 nitrogen and oxygen atoms in total. The Morgan fingerprint density at radius 1 is 0.357 bits per heavy atom. The summed E-state index contributed by atoms with van der Waals surface area (Å²) < 4.78 is 0. The van der Waals surface area contributed by atoms with Gasteiger partial charge < -0.3 is 0 Å². The van der Waals surface area contributed by atoms with Crippen LogP contribution in [-0.4, -0.2) is 30.8 Å². The van der Waals surface area contributed by atoms with Crippen LogP contribution in [0.3, 0.4) is 0 Å². The largest absolute Gasteiger partial charge is 0.195 e. The van der Waals surface area contributed by atoms with Crippen LogP contribution in [0.1, 0.15) is 79.1 Å². The summed E-state index contributed by atoms with van der Waals surface area (Å²) in [5.74, 6) is 0. The van der Waals surface area contributed by atoms with Crippen molar-refractivity contribution in [3.05, 3.63) is 121 Å². The Morgan fingerprint density at radius 3 is 0.762 bits per heavy atom. The summed E-state index contributed by atoms with van der Waals surface area (Å²) in [6.45, 7) is 9.42. The molecule has 224 valence electrons. The molecular formula is C40H56BP. The Morgan fingerprint density at radius 2 is 0.571 bits per heavy atom. The molecule has 4 aromatic rings. The number of hydrogen-bond donors (Lipinski definition) is 0. The van der Waals surface area contributed by atoms with Crippen molar-refractivity contribution in [2.45, 2.75) is 79.1 Å². The highest BCUT2D eigenvalue weighted by Gasteiger charge is 2.34. The molecule has 0 unspecified atom stereocenters. The van der Waals surface area contributed by atoms with E-state index in [4.69, 9.17) is 0 Å². The lowest BCUT2D eigenvalue weighted by Crippen LogP contribution is -2.74. The number of benzene rings is 4. The van der Waals surface area contributed by atoms with E-state index in [9.17, 15) is 0 Å². The van der Waals surface area contributed by atoms with E-state index in [0.29, 0.717) is 0 Å². The first-order chi connectivity index (χ1) is 20.7. The molecule has 0 N–H and O–H groups in total. The molecule has 0 saturated heterocycles. The maximum atomic E-state index is 2.36. The van der Waals surface area contributed by atoms with Crippen molar-refractivity contribution in [1.82, 2.24) is 0 Å². The molecule has 0 spiro atoms. The molecule has 2 heteroatoms. The summed E-state index contributed by atoms with van der Waals surface area (Å²) in [5.41, 5.74) is 5.36. The second-order valence-electron chi connectivity index (χ2n) is 12.2. The molecule has 0 saturated carbocycles. The van der Waals surface area contributed by atoms with Crippen LogP contribution in [0.2, 0.25) is 0 Å². The highest BCUT2D eigenvalue weighted by atomic mass is 31.2. The zero-order valence-electron chi connectivity index (χ0n) is 27.1. The van der Waals surface area contributed by atoms with Crippen molar-refractivity contribution in [3.63, 3.8) is 0 Å². The average molecular weight is 579 g/mol. The number of rotatable bonds is 16. The summed E-state index contributed by atoms with van der Waals surface area (Å²) >= 11 is 0. The summed E-state index contributed by atoms with van der Waals surface area (Å²) in [5, 5.41) is 0. The molecule has 4 rings (SSSR count). The summed E-state index contributed by atoms with van der Waals surface area (Å²) in [4.78, 5) is 0. The predicted octanol–water partition coefficient (Wildman–Crippen LogP) is 9.27. The molecule has 42 heavy (non-hydrogen) atoms. The molecule has 0 aliphatic rings. The van der Waals surface area contributed by atoms with Gasteiger partial charge in [0.2, 0.25) is 0 Å². The van der Waals surface area contributed by atoms with Crippen molar-refractivity contribution in [2.24, 2.45) is 0 Å². The molecule has 0 aromatic heterocycles. The molecule has 0 bridgehead atoms. The molecule has 0 aliphatic carbocycles. The van der Waals surface area contributed by atoms with E-state index in [2.05, 4.69) is 149 Å². The van der Waals surface area contributed by atoms with Gasteiger partial charge in [-0.15, -0.1) is 0 Å². The molecule has 0 fully saturated rings. The third-order valence-electron chi connectivity index (χ3n) is 9.14. The van der Waals surface area contributed by atoms with Crippen molar-refractivity contribution in [2.75, 3.05) is 24.6 Å². The zero-order chi connectivity index (χ0) is 29.9. The predicted molar refractivity (Wildman–Crippen MR) is 196 cm³/mol. The quantitative estimate of drug-likeness (QED) is 0.0918. The van der Waals surface area contributed by atoms with Crippen molar-refractivity contribution in [3.8, 4) is 0 Å². The zero-order valence-corrected chi connectivity index (χ0v) is 28.0. The van der Waals surface area contributed by atoms with Crippen LogP contribution in [0.5, 0.6) is 0 Å². The summed E-state index contributed by atoms with van der Waals surface area (Å²) in [6.07, 6.45) is 16.7. The lowest BCUT2D eigenvalue weighted by molar-refractivity contribution is 0.814. The van der Waals surface area contributed by atoms with E-state index in [1.54, 1.807) is 24.6 Å². The van der Waals surface area contributed by atoms with Gasteiger partial charge in [0, 0.05) is 7.26 Å². The molecule has 0 radical (unpaired) electrons. The van der Waals surface area contributed by atoms with Crippen molar-refractivity contribution < 1.29 is 0 Å². The fourth-order valence-corrected chi connectivity index (χ4v) is 12.1. The monoisotopic (exact) mass is 578 g/mol. The minimum absolute atomic E-state index is 0.562. The van der Waals surface area contributed by atoms with E-state index >= 15 is 0 Å². The Kier molecular flexibility index (Phi) is 15.2. The van der Waals surface area contributed by atoms with Crippen molar-refractivity contribution in [1.29, 1.82) is 0 Å². The smallest absolute Gasteiger partial charge is 0.108 e. The highest BCUT2D eigenvalue weighted by Crippen LogP contribution is 2.61. The van der Waals surface area contributed by atoms with Gasteiger partial charge in [0.15, 0.2) is 0 Å². The topological polar surface area (TPSA) is 0 Å². The number of unbranched alkanes of at least 4 members (excludes halogenated alkanes) is 4. The molecule has 4 aromatic carbocycles. The lowest BCUT2D eigenvalue weighted by Gasteiger charge is -2.44. The SMILES string of the molecule is CCCC[P+](CCCC)(CCCC)CCCC.c1ccc([B-](c2ccccc2)(c2ccccc2)c2ccccc2)cc1. The minimum Gasteiger partial charge on any atom is -0.195 e. The second kappa shape index (κ2) is 18.8. The van der Waals surface area contributed by atoms with E-state index < -0.39 is 13.4 Å². The minimum atomic E-state index is -1.22. The Balaban J connectivity index is 0.000000252. The maximum absolute atomic E-state index is 2.36. The first-order valence-electron chi connectivity index (χ1n) is 16.9. The van der Waals surface area contributed by atoms with Gasteiger partial charge in [-0.3, -0.25) is 0 Å². The van der Waals surface area contributed by atoms with Gasteiger partial charge in [0.25, 0.3) is 0 Å². The van der Waals surface area contributed by atoms with Gasteiger partial charge in [0.1, 0.15) is 6.15 Å². The van der Waals surface area contributed by atoms with Crippen LogP contribution >= 0.6 is 7.26 Å². The normalized spacial score (nSPS) is 11.5. The van der Waals surface area contributed by atoms with Crippen molar-refractivity contribution >= 4 is 35.3 Å². The molecular weight excluding hydrogens is 522 g/mol. The van der Waals surface area contributed by atoms with E-state index in [-0.39, 0.29) is 0 Å². The second-order valence-corrected chi connectivity index (χ2v) is 16.6. The Bertz CT molecular complexity index is 1010. The summed E-state index contributed by atoms with van der Waals surface area (Å²) in [6, 6.07) is 43.5. The van der Waals surface area contributed by atoms with E-state index in [1.165, 1.54) is 73.2 Å². The van der Waals surface area contributed by atoms with Crippen LogP contribution in [0, 0.1) is 0 Å². The first kappa shape index (κ1) is 33.9. The van der Waals surface area contributed by atoms with Crippen LogP contribution < -0.4 is 21.9 Å². The van der Waals surface area contributed by atoms with Gasteiger partial charge in [-0.1, -0.05) is 175 Å². The Labute approximate surface area is 259 Å². The number of hydrogen-bond acceptors (Lipinski definition) is 0. The fraction of sp³-hybridized carbons (Fsp3) is 0.400. The van der Waals surface area contributed by atoms with Crippen LogP contribution in [0.4, 0.5) is 0 Å². The third kappa shape index (κ3) is 9.19. The van der Waals surface area contributed by atoms with Crippen LogP contribution in [-0.2, 0) is 0 Å². The molecule has 0 amide bonds.